The zero-order chi connectivity index (χ0) is 32.1. The van der Waals surface area contributed by atoms with Crippen molar-refractivity contribution in [1.29, 1.82) is 0 Å². The summed E-state index contributed by atoms with van der Waals surface area (Å²) in [4.78, 5) is 0. The van der Waals surface area contributed by atoms with Crippen LogP contribution in [0.4, 0.5) is 0 Å². The maximum absolute atomic E-state index is 2.50. The molecule has 3 heteroatoms. The lowest BCUT2D eigenvalue weighted by molar-refractivity contribution is 0.889. The van der Waals surface area contributed by atoms with E-state index in [1.165, 1.54) is 93.6 Å². The van der Waals surface area contributed by atoms with Crippen molar-refractivity contribution in [3.05, 3.63) is 169 Å². The smallest absolute Gasteiger partial charge is 0.0542 e. The molecule has 3 heterocycles. The summed E-state index contributed by atoms with van der Waals surface area (Å²) in [5.74, 6) is 0. The molecule has 0 N–H and O–H groups in total. The molecule has 0 unspecified atom stereocenters. The molecule has 0 atom stereocenters. The lowest BCUT2D eigenvalue weighted by atomic mass is 10.0. The molecule has 11 rings (SSSR count). The Bertz CT molecular complexity index is 2950. The Morgan fingerprint density at radius 3 is 1.53 bits per heavy atom. The maximum Gasteiger partial charge on any atom is 0.0542 e. The third kappa shape index (κ3) is 3.78. The van der Waals surface area contributed by atoms with Gasteiger partial charge in [0.1, 0.15) is 0 Å². The number of rotatable bonds is 3. The summed E-state index contributed by atoms with van der Waals surface area (Å²) in [6, 6.07) is 55.9. The molecular formula is C46H31N3. The molecule has 0 spiro atoms. The third-order valence-electron chi connectivity index (χ3n) is 10.7. The van der Waals surface area contributed by atoms with Crippen LogP contribution in [-0.2, 0) is 6.42 Å². The second-order valence-electron chi connectivity index (χ2n) is 13.3. The van der Waals surface area contributed by atoms with Crippen LogP contribution in [0.25, 0.3) is 88.4 Å². The number of aromatic nitrogens is 3. The minimum absolute atomic E-state index is 1.04. The van der Waals surface area contributed by atoms with Crippen molar-refractivity contribution in [2.24, 2.45) is 0 Å². The van der Waals surface area contributed by atoms with Gasteiger partial charge in [-0.2, -0.15) is 0 Å². The summed E-state index contributed by atoms with van der Waals surface area (Å²) in [6.45, 7) is 0. The highest BCUT2D eigenvalue weighted by Gasteiger charge is 2.21. The monoisotopic (exact) mass is 625 g/mol. The first-order chi connectivity index (χ1) is 24.3. The molecule has 3 aromatic heterocycles. The molecule has 49 heavy (non-hydrogen) atoms. The molecule has 0 bridgehead atoms. The number of hydrogen-bond acceptors (Lipinski definition) is 0. The number of para-hydroxylation sites is 3. The molecule has 1 aliphatic carbocycles. The van der Waals surface area contributed by atoms with Gasteiger partial charge < -0.3 is 13.7 Å². The van der Waals surface area contributed by atoms with Crippen molar-refractivity contribution in [3.63, 3.8) is 0 Å². The van der Waals surface area contributed by atoms with E-state index in [4.69, 9.17) is 0 Å². The van der Waals surface area contributed by atoms with Crippen molar-refractivity contribution in [1.82, 2.24) is 13.7 Å². The van der Waals surface area contributed by atoms with Gasteiger partial charge in [-0.15, -0.1) is 0 Å². The number of allylic oxidation sites excluding steroid dienone is 1. The highest BCUT2D eigenvalue weighted by Crippen LogP contribution is 2.40. The summed E-state index contributed by atoms with van der Waals surface area (Å²) >= 11 is 0. The van der Waals surface area contributed by atoms with Crippen molar-refractivity contribution < 1.29 is 0 Å². The lowest BCUT2D eigenvalue weighted by Crippen LogP contribution is -2.03. The van der Waals surface area contributed by atoms with Crippen LogP contribution in [0.3, 0.4) is 0 Å². The van der Waals surface area contributed by atoms with E-state index in [1.807, 2.05) is 0 Å². The molecule has 0 saturated heterocycles. The standard InChI is InChI=1S/C46H31N3/c1-2-12-31-27-32(22-21-30(31)11-1)47-45-25-23-33(48-41-17-7-3-13-35(41)36-14-4-8-18-42(36)48)28-39(45)40-29-34(24-26-46(40)47)49-43-19-9-5-15-37(43)38-16-6-10-20-44(38)49/h1-9,11-19,21-29H,10,20H2. The SMILES string of the molecule is C1=Cc2c(n(-c3ccc4c(c3)c3cc(-n5c6ccccc6c6ccccc65)ccc3n4-c3ccc4ccccc4c3)c3ccccc23)CC1. The van der Waals surface area contributed by atoms with Crippen LogP contribution in [0.2, 0.25) is 0 Å². The van der Waals surface area contributed by atoms with Crippen LogP contribution >= 0.6 is 0 Å². The van der Waals surface area contributed by atoms with Crippen molar-refractivity contribution in [2.75, 3.05) is 0 Å². The third-order valence-corrected chi connectivity index (χ3v) is 10.7. The summed E-state index contributed by atoms with van der Waals surface area (Å²) in [5.41, 5.74) is 12.4. The summed E-state index contributed by atoms with van der Waals surface area (Å²) in [5, 5.41) is 8.86. The molecule has 0 radical (unpaired) electrons. The topological polar surface area (TPSA) is 14.8 Å². The minimum atomic E-state index is 1.04. The Kier molecular flexibility index (Phi) is 5.50. The Morgan fingerprint density at radius 1 is 0.367 bits per heavy atom. The molecule has 3 nitrogen and oxygen atoms in total. The fraction of sp³-hybridized carbons (Fsp3) is 0.0435. The normalized spacial score (nSPS) is 13.1. The zero-order valence-electron chi connectivity index (χ0n) is 26.8. The van der Waals surface area contributed by atoms with Gasteiger partial charge in [-0.3, -0.25) is 0 Å². The van der Waals surface area contributed by atoms with Crippen molar-refractivity contribution >= 4 is 71.4 Å². The summed E-state index contributed by atoms with van der Waals surface area (Å²) < 4.78 is 7.38. The van der Waals surface area contributed by atoms with E-state index in [0.717, 1.165) is 12.8 Å². The van der Waals surface area contributed by atoms with Gasteiger partial charge in [0.15, 0.2) is 0 Å². The van der Waals surface area contributed by atoms with Crippen LogP contribution in [0.15, 0.2) is 158 Å². The van der Waals surface area contributed by atoms with Crippen LogP contribution in [0.5, 0.6) is 0 Å². The molecule has 0 fully saturated rings. The highest BCUT2D eigenvalue weighted by molar-refractivity contribution is 6.13. The molecule has 0 aliphatic heterocycles. The van der Waals surface area contributed by atoms with E-state index in [-0.39, 0.29) is 0 Å². The second-order valence-corrected chi connectivity index (χ2v) is 13.3. The van der Waals surface area contributed by atoms with E-state index in [0.29, 0.717) is 0 Å². The first-order valence-corrected chi connectivity index (χ1v) is 17.2. The van der Waals surface area contributed by atoms with Gasteiger partial charge in [0.2, 0.25) is 0 Å². The summed E-state index contributed by atoms with van der Waals surface area (Å²) in [7, 11) is 0. The average molecular weight is 626 g/mol. The van der Waals surface area contributed by atoms with Crippen LogP contribution in [0.1, 0.15) is 17.7 Å². The molecular weight excluding hydrogens is 595 g/mol. The van der Waals surface area contributed by atoms with E-state index in [1.54, 1.807) is 0 Å². The van der Waals surface area contributed by atoms with Crippen LogP contribution < -0.4 is 0 Å². The molecule has 1 aliphatic rings. The van der Waals surface area contributed by atoms with Gasteiger partial charge in [0.25, 0.3) is 0 Å². The quantitative estimate of drug-likeness (QED) is 0.186. The van der Waals surface area contributed by atoms with E-state index >= 15 is 0 Å². The zero-order valence-corrected chi connectivity index (χ0v) is 26.8. The molecule has 7 aromatic carbocycles. The Hall–Kier alpha value is -6.32. The lowest BCUT2D eigenvalue weighted by Gasteiger charge is -2.14. The highest BCUT2D eigenvalue weighted by atomic mass is 15.0. The van der Waals surface area contributed by atoms with Crippen molar-refractivity contribution in [3.8, 4) is 17.1 Å². The van der Waals surface area contributed by atoms with Gasteiger partial charge in [0, 0.05) is 55.3 Å². The Balaban J connectivity index is 1.23. The Morgan fingerprint density at radius 2 is 0.857 bits per heavy atom. The van der Waals surface area contributed by atoms with E-state index in [2.05, 4.69) is 178 Å². The first-order valence-electron chi connectivity index (χ1n) is 17.2. The average Bonchev–Trinajstić information content (AvgIpc) is 3.80. The van der Waals surface area contributed by atoms with Gasteiger partial charge in [-0.25, -0.2) is 0 Å². The largest absolute Gasteiger partial charge is 0.313 e. The Labute approximate surface area is 283 Å². The summed E-state index contributed by atoms with van der Waals surface area (Å²) in [6.07, 6.45) is 6.74. The van der Waals surface area contributed by atoms with Gasteiger partial charge in [-0.05, 0) is 90.3 Å². The number of hydrogen-bond donors (Lipinski definition) is 0. The second kappa shape index (κ2) is 10.1. The van der Waals surface area contributed by atoms with Gasteiger partial charge >= 0.3 is 0 Å². The van der Waals surface area contributed by atoms with Crippen LogP contribution in [0, 0.1) is 0 Å². The van der Waals surface area contributed by atoms with E-state index in [9.17, 15) is 0 Å². The fourth-order valence-electron chi connectivity index (χ4n) is 8.54. The van der Waals surface area contributed by atoms with E-state index < -0.39 is 0 Å². The fourth-order valence-corrected chi connectivity index (χ4v) is 8.54. The molecule has 0 amide bonds. The first kappa shape index (κ1) is 26.7. The minimum Gasteiger partial charge on any atom is -0.313 e. The van der Waals surface area contributed by atoms with Crippen molar-refractivity contribution in [2.45, 2.75) is 12.8 Å². The van der Waals surface area contributed by atoms with Crippen LogP contribution in [-0.4, -0.2) is 13.7 Å². The molecule has 230 valence electrons. The molecule has 10 aromatic rings. The number of nitrogens with zero attached hydrogens (tertiary/aromatic N) is 3. The predicted molar refractivity (Wildman–Crippen MR) is 207 cm³/mol. The van der Waals surface area contributed by atoms with Gasteiger partial charge in [0.05, 0.1) is 27.6 Å². The predicted octanol–water partition coefficient (Wildman–Crippen LogP) is 11.9. The number of benzene rings is 7. The van der Waals surface area contributed by atoms with Gasteiger partial charge in [-0.1, -0.05) is 97.1 Å². The maximum atomic E-state index is 2.50. The number of fused-ring (bicyclic) bond motifs is 10. The molecule has 0 saturated carbocycles.